The molecule has 0 aromatic carbocycles. The van der Waals surface area contributed by atoms with Crippen molar-refractivity contribution in [2.24, 2.45) is 5.92 Å². The zero-order chi connectivity index (χ0) is 15.8. The highest BCUT2D eigenvalue weighted by Crippen LogP contribution is 2.19. The van der Waals surface area contributed by atoms with Gasteiger partial charge in [0.05, 0.1) is 0 Å². The van der Waals surface area contributed by atoms with Gasteiger partial charge in [0.1, 0.15) is 0 Å². The Kier molecular flexibility index (Phi) is 7.52. The molecule has 2 rings (SSSR count). The zero-order valence-corrected chi connectivity index (χ0v) is 14.4. The average Bonchev–Trinajstić information content (AvgIpc) is 2.56. The van der Waals surface area contributed by atoms with Gasteiger partial charge in [-0.05, 0) is 19.3 Å². The number of nitrogens with zero attached hydrogens (tertiary/aromatic N) is 1. The van der Waals surface area contributed by atoms with Crippen LogP contribution in [-0.2, 0) is 9.59 Å². The van der Waals surface area contributed by atoms with Gasteiger partial charge in [0.2, 0.25) is 11.8 Å². The maximum Gasteiger partial charge on any atom is 0.224 e. The summed E-state index contributed by atoms with van der Waals surface area (Å²) in [5, 5.41) is 6.42. The van der Waals surface area contributed by atoms with Crippen molar-refractivity contribution in [2.45, 2.75) is 45.1 Å². The van der Waals surface area contributed by atoms with E-state index in [2.05, 4.69) is 17.6 Å². The molecule has 0 spiro atoms. The lowest BCUT2D eigenvalue weighted by Crippen LogP contribution is -2.46. The van der Waals surface area contributed by atoms with Crippen molar-refractivity contribution >= 4 is 23.6 Å². The summed E-state index contributed by atoms with van der Waals surface area (Å²) in [6.45, 7) is 5.35. The lowest BCUT2D eigenvalue weighted by Gasteiger charge is -2.33. The van der Waals surface area contributed by atoms with Crippen molar-refractivity contribution in [1.82, 2.24) is 15.5 Å². The molecule has 1 unspecified atom stereocenters. The van der Waals surface area contributed by atoms with Gasteiger partial charge in [0.25, 0.3) is 0 Å². The Morgan fingerprint density at radius 1 is 1.32 bits per heavy atom. The van der Waals surface area contributed by atoms with Crippen LogP contribution in [0.1, 0.15) is 39.0 Å². The van der Waals surface area contributed by atoms with Crippen molar-refractivity contribution in [2.75, 3.05) is 37.7 Å². The molecule has 2 aliphatic rings. The van der Waals surface area contributed by atoms with E-state index in [1.807, 2.05) is 16.7 Å². The van der Waals surface area contributed by atoms with Crippen molar-refractivity contribution < 1.29 is 9.59 Å². The molecular formula is C16H29N3O2S. The first-order chi connectivity index (χ1) is 10.7. The number of rotatable bonds is 6. The standard InChI is InChI=1S/C16H29N3O2S/c1-2-3-6-18-16(21)13-4-8-19(9-5-13)15(20)11-14-12-22-10-7-17-14/h13-14,17H,2-12H2,1H3,(H,18,21). The fourth-order valence-corrected chi connectivity index (χ4v) is 3.96. The van der Waals surface area contributed by atoms with E-state index < -0.39 is 0 Å². The number of carbonyl (C=O) groups excluding carboxylic acids is 2. The van der Waals surface area contributed by atoms with E-state index in [-0.39, 0.29) is 17.7 Å². The topological polar surface area (TPSA) is 61.4 Å². The number of piperidine rings is 1. The number of nitrogens with one attached hydrogen (secondary N) is 2. The van der Waals surface area contributed by atoms with E-state index in [1.165, 1.54) is 0 Å². The Morgan fingerprint density at radius 3 is 2.73 bits per heavy atom. The van der Waals surface area contributed by atoms with E-state index in [0.717, 1.165) is 63.4 Å². The molecule has 0 bridgehead atoms. The highest BCUT2D eigenvalue weighted by Gasteiger charge is 2.28. The molecule has 0 aliphatic carbocycles. The molecule has 2 saturated heterocycles. The Balaban J connectivity index is 1.67. The number of thioether (sulfide) groups is 1. The highest BCUT2D eigenvalue weighted by atomic mass is 32.2. The van der Waals surface area contributed by atoms with E-state index in [1.54, 1.807) is 0 Å². The lowest BCUT2D eigenvalue weighted by molar-refractivity contribution is -0.136. The second kappa shape index (κ2) is 9.40. The SMILES string of the molecule is CCCCNC(=O)C1CCN(C(=O)CC2CSCCN2)CC1. The molecule has 5 nitrogen and oxygen atoms in total. The fraction of sp³-hybridized carbons (Fsp3) is 0.875. The summed E-state index contributed by atoms with van der Waals surface area (Å²) in [6.07, 6.45) is 4.34. The molecule has 6 heteroatoms. The number of likely N-dealkylation sites (tertiary alicyclic amines) is 1. The van der Waals surface area contributed by atoms with Crippen molar-refractivity contribution in [3.8, 4) is 0 Å². The third kappa shape index (κ3) is 5.47. The maximum absolute atomic E-state index is 12.3. The van der Waals surface area contributed by atoms with Crippen LogP contribution in [0.4, 0.5) is 0 Å². The summed E-state index contributed by atoms with van der Waals surface area (Å²) < 4.78 is 0. The second-order valence-corrected chi connectivity index (χ2v) is 7.38. The Morgan fingerprint density at radius 2 is 2.09 bits per heavy atom. The molecule has 0 saturated carbocycles. The minimum Gasteiger partial charge on any atom is -0.356 e. The molecule has 2 fully saturated rings. The zero-order valence-electron chi connectivity index (χ0n) is 13.6. The molecule has 0 aromatic rings. The van der Waals surface area contributed by atoms with Gasteiger partial charge < -0.3 is 15.5 Å². The van der Waals surface area contributed by atoms with Crippen LogP contribution in [0.2, 0.25) is 0 Å². The van der Waals surface area contributed by atoms with Gasteiger partial charge in [-0.1, -0.05) is 13.3 Å². The van der Waals surface area contributed by atoms with Crippen LogP contribution in [0.5, 0.6) is 0 Å². The Hall–Kier alpha value is -0.750. The molecule has 2 N–H and O–H groups in total. The lowest BCUT2D eigenvalue weighted by atomic mass is 9.95. The first-order valence-corrected chi connectivity index (χ1v) is 9.72. The molecule has 2 aliphatic heterocycles. The van der Waals surface area contributed by atoms with Crippen LogP contribution in [0.25, 0.3) is 0 Å². The third-order valence-corrected chi connectivity index (χ3v) is 5.60. The van der Waals surface area contributed by atoms with E-state index in [9.17, 15) is 9.59 Å². The van der Waals surface area contributed by atoms with Gasteiger partial charge in [-0.3, -0.25) is 9.59 Å². The molecule has 22 heavy (non-hydrogen) atoms. The first kappa shape index (κ1) is 17.6. The van der Waals surface area contributed by atoms with Crippen LogP contribution in [-0.4, -0.2) is 60.4 Å². The second-order valence-electron chi connectivity index (χ2n) is 6.23. The largest absolute Gasteiger partial charge is 0.356 e. The van der Waals surface area contributed by atoms with Crippen LogP contribution in [0.3, 0.4) is 0 Å². The van der Waals surface area contributed by atoms with E-state index in [4.69, 9.17) is 0 Å². The maximum atomic E-state index is 12.3. The highest BCUT2D eigenvalue weighted by molar-refractivity contribution is 7.99. The first-order valence-electron chi connectivity index (χ1n) is 8.57. The minimum absolute atomic E-state index is 0.0873. The molecule has 2 amide bonds. The predicted molar refractivity (Wildman–Crippen MR) is 91.0 cm³/mol. The van der Waals surface area contributed by atoms with Crippen molar-refractivity contribution in [1.29, 1.82) is 0 Å². The van der Waals surface area contributed by atoms with Gasteiger partial charge >= 0.3 is 0 Å². The number of carbonyl (C=O) groups is 2. The molecule has 2 heterocycles. The summed E-state index contributed by atoms with van der Waals surface area (Å²) in [4.78, 5) is 26.3. The summed E-state index contributed by atoms with van der Waals surface area (Å²) in [6, 6.07) is 0.321. The van der Waals surface area contributed by atoms with Crippen LogP contribution in [0.15, 0.2) is 0 Å². The summed E-state index contributed by atoms with van der Waals surface area (Å²) in [5.74, 6) is 2.67. The number of unbranched alkanes of at least 4 members (excludes halogenated alkanes) is 1. The number of hydrogen-bond donors (Lipinski definition) is 2. The van der Waals surface area contributed by atoms with Crippen molar-refractivity contribution in [3.05, 3.63) is 0 Å². The van der Waals surface area contributed by atoms with Gasteiger partial charge in [-0.2, -0.15) is 11.8 Å². The van der Waals surface area contributed by atoms with E-state index >= 15 is 0 Å². The van der Waals surface area contributed by atoms with Gasteiger partial charge in [0.15, 0.2) is 0 Å². The Labute approximate surface area is 138 Å². The van der Waals surface area contributed by atoms with Crippen LogP contribution < -0.4 is 10.6 Å². The van der Waals surface area contributed by atoms with Crippen LogP contribution in [0, 0.1) is 5.92 Å². The molecular weight excluding hydrogens is 298 g/mol. The third-order valence-electron chi connectivity index (χ3n) is 4.47. The quantitative estimate of drug-likeness (QED) is 0.721. The fourth-order valence-electron chi connectivity index (χ4n) is 3.01. The molecule has 1 atom stereocenters. The van der Waals surface area contributed by atoms with Gasteiger partial charge in [0, 0.05) is 56.1 Å². The smallest absolute Gasteiger partial charge is 0.224 e. The summed E-state index contributed by atoms with van der Waals surface area (Å²) in [5.41, 5.74) is 0. The van der Waals surface area contributed by atoms with Gasteiger partial charge in [-0.15, -0.1) is 0 Å². The van der Waals surface area contributed by atoms with Crippen molar-refractivity contribution in [3.63, 3.8) is 0 Å². The summed E-state index contributed by atoms with van der Waals surface area (Å²) >= 11 is 1.92. The Bertz CT molecular complexity index is 364. The van der Waals surface area contributed by atoms with E-state index in [0.29, 0.717) is 12.5 Å². The normalized spacial score (nSPS) is 23.3. The minimum atomic E-state index is 0.0873. The predicted octanol–water partition coefficient (Wildman–Crippen LogP) is 1.24. The monoisotopic (exact) mass is 327 g/mol. The average molecular weight is 327 g/mol. The number of amides is 2. The van der Waals surface area contributed by atoms with Crippen LogP contribution >= 0.6 is 11.8 Å². The number of hydrogen-bond acceptors (Lipinski definition) is 4. The molecule has 126 valence electrons. The molecule has 0 aromatic heterocycles. The summed E-state index contributed by atoms with van der Waals surface area (Å²) in [7, 11) is 0. The van der Waals surface area contributed by atoms with Gasteiger partial charge in [-0.25, -0.2) is 0 Å². The molecule has 0 radical (unpaired) electrons.